The van der Waals surface area contributed by atoms with E-state index >= 15 is 0 Å². The molecule has 0 saturated carbocycles. The van der Waals surface area contributed by atoms with E-state index in [9.17, 15) is 9.59 Å². The Morgan fingerprint density at radius 1 is 1.26 bits per heavy atom. The normalized spacial score (nSPS) is 13.6. The molecule has 0 aliphatic carbocycles. The first-order valence-corrected chi connectivity index (χ1v) is 9.57. The molecule has 2 amide bonds. The third kappa shape index (κ3) is 4.21. The minimum Gasteiger partial charge on any atom is -0.351 e. The van der Waals surface area contributed by atoms with Gasteiger partial charge in [-0.1, -0.05) is 19.9 Å². The van der Waals surface area contributed by atoms with Gasteiger partial charge in [-0.25, -0.2) is 0 Å². The topological polar surface area (TPSA) is 78.1 Å². The van der Waals surface area contributed by atoms with Crippen LogP contribution in [0.4, 0.5) is 0 Å². The van der Waals surface area contributed by atoms with E-state index in [0.717, 1.165) is 23.2 Å². The molecular formula is C21H28N4O2. The van der Waals surface area contributed by atoms with Crippen LogP contribution < -0.4 is 5.32 Å². The lowest BCUT2D eigenvalue weighted by molar-refractivity contribution is 0.0731. The zero-order chi connectivity index (χ0) is 19.6. The second kappa shape index (κ2) is 7.94. The third-order valence-corrected chi connectivity index (χ3v) is 5.20. The minimum atomic E-state index is -0.173. The Bertz CT molecular complexity index is 854. The van der Waals surface area contributed by atoms with Crippen LogP contribution in [0.15, 0.2) is 18.2 Å². The Morgan fingerprint density at radius 3 is 2.74 bits per heavy atom. The summed E-state index contributed by atoms with van der Waals surface area (Å²) in [4.78, 5) is 27.2. The highest BCUT2D eigenvalue weighted by atomic mass is 16.2. The standard InChI is InChI=1S/C21H28N4O2/c1-13(2)7-9-22-20(26)19-17-12-25(10-8-18(17)23-24-19)21(27)16-6-5-14(3)15(4)11-16/h5-6,11,13H,7-10,12H2,1-4H3,(H,22,26)(H,23,24). The number of carbonyl (C=O) groups is 2. The number of aromatic nitrogens is 2. The van der Waals surface area contributed by atoms with Crippen LogP contribution in [-0.2, 0) is 13.0 Å². The van der Waals surface area contributed by atoms with Crippen molar-refractivity contribution in [1.82, 2.24) is 20.4 Å². The molecule has 0 saturated heterocycles. The average Bonchev–Trinajstić information content (AvgIpc) is 3.06. The van der Waals surface area contributed by atoms with Crippen molar-refractivity contribution in [2.75, 3.05) is 13.1 Å². The van der Waals surface area contributed by atoms with Crippen LogP contribution >= 0.6 is 0 Å². The highest BCUT2D eigenvalue weighted by molar-refractivity contribution is 5.96. The van der Waals surface area contributed by atoms with Crippen LogP contribution in [0.2, 0.25) is 0 Å². The van der Waals surface area contributed by atoms with Gasteiger partial charge in [0, 0.05) is 36.3 Å². The van der Waals surface area contributed by atoms with E-state index in [1.54, 1.807) is 4.90 Å². The molecule has 144 valence electrons. The summed E-state index contributed by atoms with van der Waals surface area (Å²) >= 11 is 0. The molecule has 0 spiro atoms. The summed E-state index contributed by atoms with van der Waals surface area (Å²) in [6.45, 7) is 9.95. The maximum absolute atomic E-state index is 12.9. The minimum absolute atomic E-state index is 0.00360. The maximum Gasteiger partial charge on any atom is 0.272 e. The Labute approximate surface area is 160 Å². The molecule has 27 heavy (non-hydrogen) atoms. The van der Waals surface area contributed by atoms with Gasteiger partial charge in [-0.15, -0.1) is 0 Å². The zero-order valence-corrected chi connectivity index (χ0v) is 16.6. The number of fused-ring (bicyclic) bond motifs is 1. The van der Waals surface area contributed by atoms with Gasteiger partial charge in [-0.3, -0.25) is 14.7 Å². The lowest BCUT2D eigenvalue weighted by Crippen LogP contribution is -2.37. The Balaban J connectivity index is 1.73. The molecule has 3 rings (SSSR count). The van der Waals surface area contributed by atoms with Crippen molar-refractivity contribution < 1.29 is 9.59 Å². The van der Waals surface area contributed by atoms with Gasteiger partial charge in [-0.05, 0) is 49.4 Å². The van der Waals surface area contributed by atoms with Gasteiger partial charge in [0.15, 0.2) is 5.69 Å². The number of nitrogens with zero attached hydrogens (tertiary/aromatic N) is 2. The monoisotopic (exact) mass is 368 g/mol. The van der Waals surface area contributed by atoms with Crippen LogP contribution in [0, 0.1) is 19.8 Å². The summed E-state index contributed by atoms with van der Waals surface area (Å²) in [5.41, 5.74) is 5.16. The first-order chi connectivity index (χ1) is 12.9. The largest absolute Gasteiger partial charge is 0.351 e. The molecule has 2 N–H and O–H groups in total. The summed E-state index contributed by atoms with van der Waals surface area (Å²) in [5.74, 6) is 0.356. The van der Waals surface area contributed by atoms with Gasteiger partial charge in [0.2, 0.25) is 0 Å². The fourth-order valence-corrected chi connectivity index (χ4v) is 3.27. The number of amides is 2. The van der Waals surface area contributed by atoms with Crippen LogP contribution in [0.5, 0.6) is 0 Å². The molecule has 0 bridgehead atoms. The van der Waals surface area contributed by atoms with Gasteiger partial charge in [0.25, 0.3) is 11.8 Å². The van der Waals surface area contributed by atoms with Gasteiger partial charge >= 0.3 is 0 Å². The summed E-state index contributed by atoms with van der Waals surface area (Å²) in [6.07, 6.45) is 1.61. The van der Waals surface area contributed by atoms with E-state index in [1.807, 2.05) is 32.0 Å². The number of hydrogen-bond donors (Lipinski definition) is 2. The number of benzene rings is 1. The number of carbonyl (C=O) groups excluding carboxylic acids is 2. The first-order valence-electron chi connectivity index (χ1n) is 9.57. The highest BCUT2D eigenvalue weighted by Gasteiger charge is 2.28. The van der Waals surface area contributed by atoms with Crippen molar-refractivity contribution in [1.29, 1.82) is 0 Å². The molecule has 6 nitrogen and oxygen atoms in total. The molecule has 1 aromatic heterocycles. The summed E-state index contributed by atoms with van der Waals surface area (Å²) in [5, 5.41) is 10.1. The molecule has 2 heterocycles. The summed E-state index contributed by atoms with van der Waals surface area (Å²) < 4.78 is 0. The van der Waals surface area contributed by atoms with Crippen molar-refractivity contribution in [2.24, 2.45) is 5.92 Å². The molecule has 0 radical (unpaired) electrons. The van der Waals surface area contributed by atoms with E-state index in [0.29, 0.717) is 43.2 Å². The number of rotatable bonds is 5. The van der Waals surface area contributed by atoms with E-state index in [-0.39, 0.29) is 11.8 Å². The third-order valence-electron chi connectivity index (χ3n) is 5.20. The fraction of sp³-hybridized carbons (Fsp3) is 0.476. The quantitative estimate of drug-likeness (QED) is 0.852. The second-order valence-electron chi connectivity index (χ2n) is 7.74. The first kappa shape index (κ1) is 19.1. The van der Waals surface area contributed by atoms with Crippen LogP contribution in [0.3, 0.4) is 0 Å². The number of hydrogen-bond acceptors (Lipinski definition) is 3. The SMILES string of the molecule is Cc1ccc(C(=O)N2CCc3[nH]nc(C(=O)NCCC(C)C)c3C2)cc1C. The highest BCUT2D eigenvalue weighted by Crippen LogP contribution is 2.22. The molecule has 0 atom stereocenters. The average molecular weight is 368 g/mol. The van der Waals surface area contributed by atoms with Crippen molar-refractivity contribution in [2.45, 2.75) is 47.1 Å². The lowest BCUT2D eigenvalue weighted by atomic mass is 10.0. The molecule has 1 aliphatic heterocycles. The van der Waals surface area contributed by atoms with Crippen molar-refractivity contribution in [3.63, 3.8) is 0 Å². The Hall–Kier alpha value is -2.63. The summed E-state index contributed by atoms with van der Waals surface area (Å²) in [6, 6.07) is 5.78. The van der Waals surface area contributed by atoms with Crippen molar-refractivity contribution in [3.8, 4) is 0 Å². The maximum atomic E-state index is 12.9. The van der Waals surface area contributed by atoms with Gasteiger partial charge in [0.1, 0.15) is 0 Å². The van der Waals surface area contributed by atoms with Gasteiger partial charge in [0.05, 0.1) is 6.54 Å². The molecule has 0 fully saturated rings. The van der Waals surface area contributed by atoms with E-state index < -0.39 is 0 Å². The van der Waals surface area contributed by atoms with Crippen molar-refractivity contribution in [3.05, 3.63) is 51.8 Å². The Morgan fingerprint density at radius 2 is 2.04 bits per heavy atom. The number of aromatic amines is 1. The molecule has 1 aliphatic rings. The van der Waals surface area contributed by atoms with Crippen LogP contribution in [0.1, 0.15) is 63.5 Å². The van der Waals surface area contributed by atoms with E-state index in [1.165, 1.54) is 5.56 Å². The number of aryl methyl sites for hydroxylation is 2. The van der Waals surface area contributed by atoms with Gasteiger partial charge in [-0.2, -0.15) is 5.10 Å². The summed E-state index contributed by atoms with van der Waals surface area (Å²) in [7, 11) is 0. The smallest absolute Gasteiger partial charge is 0.272 e. The van der Waals surface area contributed by atoms with Crippen LogP contribution in [0.25, 0.3) is 0 Å². The molecule has 2 aromatic rings. The number of H-pyrrole nitrogens is 1. The predicted octanol–water partition coefficient (Wildman–Crippen LogP) is 3.00. The van der Waals surface area contributed by atoms with Gasteiger partial charge < -0.3 is 10.2 Å². The molecule has 6 heteroatoms. The molecule has 1 aromatic carbocycles. The molecule has 0 unspecified atom stereocenters. The second-order valence-corrected chi connectivity index (χ2v) is 7.74. The fourth-order valence-electron chi connectivity index (χ4n) is 3.27. The lowest BCUT2D eigenvalue weighted by Gasteiger charge is -2.27. The van der Waals surface area contributed by atoms with Crippen LogP contribution in [-0.4, -0.2) is 40.0 Å². The molecular weight excluding hydrogens is 340 g/mol. The number of nitrogens with one attached hydrogen (secondary N) is 2. The zero-order valence-electron chi connectivity index (χ0n) is 16.6. The Kier molecular flexibility index (Phi) is 5.63. The van der Waals surface area contributed by atoms with Crippen molar-refractivity contribution >= 4 is 11.8 Å². The van der Waals surface area contributed by atoms with E-state index in [2.05, 4.69) is 29.4 Å². The predicted molar refractivity (Wildman–Crippen MR) is 105 cm³/mol. The van der Waals surface area contributed by atoms with E-state index in [4.69, 9.17) is 0 Å².